The summed E-state index contributed by atoms with van der Waals surface area (Å²) < 4.78 is 5.91. The molecule has 0 spiro atoms. The second kappa shape index (κ2) is 7.51. The zero-order valence-corrected chi connectivity index (χ0v) is 13.7. The molecular weight excluding hydrogens is 276 g/mol. The molecule has 2 aliphatic rings. The summed E-state index contributed by atoms with van der Waals surface area (Å²) in [5.74, 6) is 0. The van der Waals surface area contributed by atoms with Gasteiger partial charge in [-0.1, -0.05) is 0 Å². The van der Waals surface area contributed by atoms with Gasteiger partial charge in [0.05, 0.1) is 12.2 Å². The van der Waals surface area contributed by atoms with Crippen LogP contribution in [0.2, 0.25) is 0 Å². The lowest BCUT2D eigenvalue weighted by molar-refractivity contribution is -0.0843. The molecule has 0 saturated carbocycles. The van der Waals surface area contributed by atoms with Gasteiger partial charge in [-0.25, -0.2) is 0 Å². The van der Waals surface area contributed by atoms with Gasteiger partial charge in [-0.05, 0) is 31.5 Å². The third-order valence-electron chi connectivity index (χ3n) is 4.62. The molecule has 0 aromatic carbocycles. The molecule has 2 fully saturated rings. The van der Waals surface area contributed by atoms with Crippen molar-refractivity contribution in [2.24, 2.45) is 0 Å². The highest BCUT2D eigenvalue weighted by molar-refractivity contribution is 5.16. The molecule has 5 nitrogen and oxygen atoms in total. The highest BCUT2D eigenvalue weighted by Crippen LogP contribution is 2.25. The zero-order valence-electron chi connectivity index (χ0n) is 13.7. The highest BCUT2D eigenvalue weighted by Gasteiger charge is 2.30. The number of hydrogen-bond donors (Lipinski definition) is 1. The predicted octanol–water partition coefficient (Wildman–Crippen LogP) is 1.14. The van der Waals surface area contributed by atoms with E-state index in [0.29, 0.717) is 18.2 Å². The maximum Gasteiger partial charge on any atom is 0.0678 e. The largest absolute Gasteiger partial charge is 0.373 e. The van der Waals surface area contributed by atoms with Crippen molar-refractivity contribution in [1.82, 2.24) is 20.1 Å². The summed E-state index contributed by atoms with van der Waals surface area (Å²) in [6.07, 6.45) is 4.42. The van der Waals surface area contributed by atoms with Crippen LogP contribution in [0.25, 0.3) is 0 Å². The molecule has 1 aromatic rings. The van der Waals surface area contributed by atoms with Gasteiger partial charge in [0.15, 0.2) is 0 Å². The zero-order chi connectivity index (χ0) is 15.4. The number of morpholine rings is 1. The van der Waals surface area contributed by atoms with Crippen molar-refractivity contribution in [3.63, 3.8) is 0 Å². The fourth-order valence-corrected chi connectivity index (χ4v) is 3.63. The minimum Gasteiger partial charge on any atom is -0.373 e. The third kappa shape index (κ3) is 4.04. The summed E-state index contributed by atoms with van der Waals surface area (Å²) in [6.45, 7) is 11.9. The van der Waals surface area contributed by atoms with Gasteiger partial charge in [0, 0.05) is 64.2 Å². The quantitative estimate of drug-likeness (QED) is 0.903. The molecule has 0 amide bonds. The Morgan fingerprint density at radius 2 is 1.82 bits per heavy atom. The van der Waals surface area contributed by atoms with Gasteiger partial charge in [-0.15, -0.1) is 0 Å². The number of rotatable bonds is 4. The molecule has 3 unspecified atom stereocenters. The second-order valence-corrected chi connectivity index (χ2v) is 6.56. The Morgan fingerprint density at radius 1 is 1.18 bits per heavy atom. The van der Waals surface area contributed by atoms with E-state index in [0.717, 1.165) is 45.8 Å². The van der Waals surface area contributed by atoms with Crippen molar-refractivity contribution in [3.8, 4) is 0 Å². The number of ether oxygens (including phenoxy) is 1. The van der Waals surface area contributed by atoms with Crippen molar-refractivity contribution >= 4 is 0 Å². The maximum absolute atomic E-state index is 5.91. The minimum atomic E-state index is 0.302. The molecule has 1 aromatic heterocycles. The SMILES string of the molecule is CC1CN(C(CN2CCNCC2)c2ccncc2)CC(C)O1. The van der Waals surface area contributed by atoms with Crippen LogP contribution in [0.15, 0.2) is 24.5 Å². The molecule has 3 heterocycles. The lowest BCUT2D eigenvalue weighted by atomic mass is 10.0. The van der Waals surface area contributed by atoms with Crippen molar-refractivity contribution in [2.75, 3.05) is 45.8 Å². The summed E-state index contributed by atoms with van der Waals surface area (Å²) in [7, 11) is 0. The van der Waals surface area contributed by atoms with E-state index in [-0.39, 0.29) is 0 Å². The lowest BCUT2D eigenvalue weighted by Crippen LogP contribution is -2.51. The van der Waals surface area contributed by atoms with Gasteiger partial charge >= 0.3 is 0 Å². The van der Waals surface area contributed by atoms with E-state index in [1.54, 1.807) is 0 Å². The third-order valence-corrected chi connectivity index (χ3v) is 4.62. The van der Waals surface area contributed by atoms with Crippen LogP contribution in [-0.4, -0.2) is 72.8 Å². The van der Waals surface area contributed by atoms with Gasteiger partial charge in [-0.3, -0.25) is 14.8 Å². The van der Waals surface area contributed by atoms with E-state index < -0.39 is 0 Å². The lowest BCUT2D eigenvalue weighted by Gasteiger charge is -2.42. The van der Waals surface area contributed by atoms with Crippen molar-refractivity contribution in [2.45, 2.75) is 32.1 Å². The summed E-state index contributed by atoms with van der Waals surface area (Å²) in [5.41, 5.74) is 1.37. The summed E-state index contributed by atoms with van der Waals surface area (Å²) >= 11 is 0. The normalized spacial score (nSPS) is 29.4. The first-order valence-corrected chi connectivity index (χ1v) is 8.45. The first-order valence-electron chi connectivity index (χ1n) is 8.45. The molecule has 0 bridgehead atoms. The molecule has 3 atom stereocenters. The Kier molecular flexibility index (Phi) is 5.41. The van der Waals surface area contributed by atoms with Crippen LogP contribution >= 0.6 is 0 Å². The smallest absolute Gasteiger partial charge is 0.0678 e. The van der Waals surface area contributed by atoms with Gasteiger partial charge in [-0.2, -0.15) is 0 Å². The Balaban J connectivity index is 1.76. The van der Waals surface area contributed by atoms with Crippen molar-refractivity contribution in [3.05, 3.63) is 30.1 Å². The summed E-state index contributed by atoms with van der Waals surface area (Å²) in [6, 6.07) is 4.75. The highest BCUT2D eigenvalue weighted by atomic mass is 16.5. The molecule has 0 radical (unpaired) electrons. The number of piperazine rings is 1. The predicted molar refractivity (Wildman–Crippen MR) is 87.9 cm³/mol. The first kappa shape index (κ1) is 15.9. The van der Waals surface area contributed by atoms with Gasteiger partial charge in [0.2, 0.25) is 0 Å². The fourth-order valence-electron chi connectivity index (χ4n) is 3.63. The molecule has 2 aliphatic heterocycles. The average Bonchev–Trinajstić information content (AvgIpc) is 2.53. The van der Waals surface area contributed by atoms with E-state index in [1.165, 1.54) is 5.56 Å². The number of hydrogen-bond acceptors (Lipinski definition) is 5. The standard InChI is InChI=1S/C17H28N4O/c1-14-11-21(12-15(2)22-14)17(16-3-5-18-6-4-16)13-20-9-7-19-8-10-20/h3-6,14-15,17,19H,7-13H2,1-2H3. The number of nitrogens with one attached hydrogen (secondary N) is 1. The fraction of sp³-hybridized carbons (Fsp3) is 0.706. The molecule has 3 rings (SSSR count). The number of pyridine rings is 1. The molecule has 1 N–H and O–H groups in total. The van der Waals surface area contributed by atoms with Crippen LogP contribution in [-0.2, 0) is 4.74 Å². The Labute approximate surface area is 133 Å². The first-order chi connectivity index (χ1) is 10.7. The van der Waals surface area contributed by atoms with Gasteiger partial charge < -0.3 is 10.1 Å². The van der Waals surface area contributed by atoms with E-state index >= 15 is 0 Å². The van der Waals surface area contributed by atoms with Crippen LogP contribution in [0.3, 0.4) is 0 Å². The van der Waals surface area contributed by atoms with Gasteiger partial charge in [0.25, 0.3) is 0 Å². The Bertz CT molecular complexity index is 439. The maximum atomic E-state index is 5.91. The van der Waals surface area contributed by atoms with Crippen LogP contribution in [0.5, 0.6) is 0 Å². The van der Waals surface area contributed by atoms with E-state index in [4.69, 9.17) is 4.74 Å². The van der Waals surface area contributed by atoms with Crippen LogP contribution < -0.4 is 5.32 Å². The second-order valence-electron chi connectivity index (χ2n) is 6.56. The molecule has 5 heteroatoms. The molecule has 122 valence electrons. The number of aromatic nitrogens is 1. The topological polar surface area (TPSA) is 40.6 Å². The average molecular weight is 304 g/mol. The van der Waals surface area contributed by atoms with Crippen LogP contribution in [0.1, 0.15) is 25.5 Å². The van der Waals surface area contributed by atoms with Crippen molar-refractivity contribution < 1.29 is 4.74 Å². The van der Waals surface area contributed by atoms with Crippen LogP contribution in [0, 0.1) is 0 Å². The molecule has 2 saturated heterocycles. The van der Waals surface area contributed by atoms with Crippen molar-refractivity contribution in [1.29, 1.82) is 0 Å². The molecular formula is C17H28N4O. The Morgan fingerprint density at radius 3 is 2.45 bits per heavy atom. The van der Waals surface area contributed by atoms with Gasteiger partial charge in [0.1, 0.15) is 0 Å². The van der Waals surface area contributed by atoms with E-state index in [1.807, 2.05) is 12.4 Å². The Hall–Kier alpha value is -1.01. The van der Waals surface area contributed by atoms with E-state index in [2.05, 4.69) is 46.1 Å². The molecule has 22 heavy (non-hydrogen) atoms. The summed E-state index contributed by atoms with van der Waals surface area (Å²) in [5, 5.41) is 3.44. The van der Waals surface area contributed by atoms with E-state index in [9.17, 15) is 0 Å². The number of nitrogens with zero attached hydrogens (tertiary/aromatic N) is 3. The minimum absolute atomic E-state index is 0.302. The monoisotopic (exact) mass is 304 g/mol. The molecule has 0 aliphatic carbocycles. The van der Waals surface area contributed by atoms with Crippen LogP contribution in [0.4, 0.5) is 0 Å². The summed E-state index contributed by atoms with van der Waals surface area (Å²) in [4.78, 5) is 9.35.